The third kappa shape index (κ3) is 2.76. The Morgan fingerprint density at radius 2 is 1.79 bits per heavy atom. The zero-order valence-corrected chi connectivity index (χ0v) is 12.1. The molecule has 0 saturated heterocycles. The SMILES string of the molecule is Cc1cc(C)c(Nc2nc(C)c(C(=O)[O-])s2)c(C)c1. The molecular weight excluding hydrogens is 260 g/mol. The summed E-state index contributed by atoms with van der Waals surface area (Å²) < 4.78 is 0. The van der Waals surface area contributed by atoms with Gasteiger partial charge in [-0.3, -0.25) is 0 Å². The fraction of sp³-hybridized carbons (Fsp3) is 0.286. The maximum atomic E-state index is 10.9. The number of hydrogen-bond donors (Lipinski definition) is 1. The van der Waals surface area contributed by atoms with Crippen LogP contribution in [0.4, 0.5) is 10.8 Å². The summed E-state index contributed by atoms with van der Waals surface area (Å²) in [6.07, 6.45) is 0. The van der Waals surface area contributed by atoms with Crippen molar-refractivity contribution >= 4 is 28.1 Å². The molecule has 100 valence electrons. The van der Waals surface area contributed by atoms with Crippen molar-refractivity contribution in [2.24, 2.45) is 0 Å². The van der Waals surface area contributed by atoms with E-state index in [1.165, 1.54) is 5.56 Å². The number of carboxylic acids is 1. The highest BCUT2D eigenvalue weighted by atomic mass is 32.1. The topological polar surface area (TPSA) is 65.0 Å². The summed E-state index contributed by atoms with van der Waals surface area (Å²) in [5, 5.41) is 14.7. The Morgan fingerprint density at radius 3 is 2.26 bits per heavy atom. The van der Waals surface area contributed by atoms with E-state index in [1.54, 1.807) is 6.92 Å². The molecule has 2 rings (SSSR count). The lowest BCUT2D eigenvalue weighted by Gasteiger charge is -2.11. The van der Waals surface area contributed by atoms with E-state index < -0.39 is 5.97 Å². The summed E-state index contributed by atoms with van der Waals surface area (Å²) in [6.45, 7) is 7.75. The molecule has 1 aromatic heterocycles. The summed E-state index contributed by atoms with van der Waals surface area (Å²) in [5.74, 6) is -1.18. The number of carboxylic acid groups (broad SMARTS) is 1. The molecule has 0 atom stereocenters. The maximum absolute atomic E-state index is 10.9. The molecular formula is C14H15N2O2S-. The summed E-state index contributed by atoms with van der Waals surface area (Å²) in [5.41, 5.74) is 4.88. The molecule has 4 nitrogen and oxygen atoms in total. The van der Waals surface area contributed by atoms with Crippen LogP contribution in [0.5, 0.6) is 0 Å². The van der Waals surface area contributed by atoms with Crippen molar-refractivity contribution in [1.29, 1.82) is 0 Å². The smallest absolute Gasteiger partial charge is 0.188 e. The van der Waals surface area contributed by atoms with Crippen molar-refractivity contribution in [3.63, 3.8) is 0 Å². The first-order valence-electron chi connectivity index (χ1n) is 5.92. The minimum absolute atomic E-state index is 0.171. The molecule has 0 aliphatic heterocycles. The number of hydrogen-bond acceptors (Lipinski definition) is 5. The van der Waals surface area contributed by atoms with Gasteiger partial charge in [0.15, 0.2) is 5.13 Å². The summed E-state index contributed by atoms with van der Waals surface area (Å²) in [7, 11) is 0. The Labute approximate surface area is 116 Å². The Bertz CT molecular complexity index is 624. The molecule has 1 N–H and O–H groups in total. The Balaban J connectivity index is 2.37. The number of aromatic carboxylic acids is 1. The largest absolute Gasteiger partial charge is 0.544 e. The van der Waals surface area contributed by atoms with Crippen molar-refractivity contribution in [3.05, 3.63) is 39.4 Å². The van der Waals surface area contributed by atoms with Crippen LogP contribution in [0, 0.1) is 27.7 Å². The second-order valence-electron chi connectivity index (χ2n) is 4.62. The molecule has 0 spiro atoms. The number of carbonyl (C=O) groups is 1. The highest BCUT2D eigenvalue weighted by Gasteiger charge is 2.11. The first kappa shape index (κ1) is 13.5. The van der Waals surface area contributed by atoms with Gasteiger partial charge in [0, 0.05) is 5.69 Å². The fourth-order valence-corrected chi connectivity index (χ4v) is 2.93. The van der Waals surface area contributed by atoms with Crippen LogP contribution in [0.25, 0.3) is 0 Å². The molecule has 0 saturated carbocycles. The second kappa shape index (κ2) is 5.01. The highest BCUT2D eigenvalue weighted by molar-refractivity contribution is 7.17. The first-order chi connectivity index (χ1) is 8.88. The molecule has 1 aromatic carbocycles. The van der Waals surface area contributed by atoms with Crippen LogP contribution in [0.3, 0.4) is 0 Å². The van der Waals surface area contributed by atoms with Crippen molar-refractivity contribution in [2.45, 2.75) is 27.7 Å². The number of nitrogens with one attached hydrogen (secondary N) is 1. The number of thiazole rings is 1. The van der Waals surface area contributed by atoms with Gasteiger partial charge >= 0.3 is 0 Å². The minimum atomic E-state index is -1.18. The number of carbonyl (C=O) groups excluding carboxylic acids is 1. The predicted molar refractivity (Wildman–Crippen MR) is 75.1 cm³/mol. The van der Waals surface area contributed by atoms with E-state index in [-0.39, 0.29) is 4.88 Å². The summed E-state index contributed by atoms with van der Waals surface area (Å²) in [4.78, 5) is 15.3. The van der Waals surface area contributed by atoms with Gasteiger partial charge in [0.1, 0.15) is 0 Å². The number of anilines is 2. The lowest BCUT2D eigenvalue weighted by atomic mass is 10.1. The van der Waals surface area contributed by atoms with Gasteiger partial charge in [-0.2, -0.15) is 0 Å². The number of aromatic nitrogens is 1. The average molecular weight is 275 g/mol. The monoisotopic (exact) mass is 275 g/mol. The molecule has 0 radical (unpaired) electrons. The zero-order chi connectivity index (χ0) is 14.2. The van der Waals surface area contributed by atoms with Crippen LogP contribution in [0.2, 0.25) is 0 Å². The summed E-state index contributed by atoms with van der Waals surface area (Å²) in [6, 6.07) is 4.16. The molecule has 0 unspecified atom stereocenters. The number of rotatable bonds is 3. The van der Waals surface area contributed by atoms with Crippen LogP contribution < -0.4 is 10.4 Å². The zero-order valence-electron chi connectivity index (χ0n) is 11.3. The molecule has 0 bridgehead atoms. The van der Waals surface area contributed by atoms with Crippen molar-refractivity contribution < 1.29 is 9.90 Å². The van der Waals surface area contributed by atoms with Crippen molar-refractivity contribution in [1.82, 2.24) is 4.98 Å². The van der Waals surface area contributed by atoms with Crippen LogP contribution in [0.15, 0.2) is 12.1 Å². The van der Waals surface area contributed by atoms with E-state index in [0.717, 1.165) is 28.2 Å². The normalized spacial score (nSPS) is 10.5. The van der Waals surface area contributed by atoms with Crippen LogP contribution in [-0.4, -0.2) is 11.0 Å². The van der Waals surface area contributed by atoms with Gasteiger partial charge in [-0.25, -0.2) is 4.98 Å². The van der Waals surface area contributed by atoms with E-state index >= 15 is 0 Å². The fourth-order valence-electron chi connectivity index (χ4n) is 2.12. The molecule has 2 aromatic rings. The third-order valence-corrected chi connectivity index (χ3v) is 3.94. The molecule has 0 aliphatic carbocycles. The first-order valence-corrected chi connectivity index (χ1v) is 6.73. The Hall–Kier alpha value is -1.88. The van der Waals surface area contributed by atoms with Crippen molar-refractivity contribution in [2.75, 3.05) is 5.32 Å². The van der Waals surface area contributed by atoms with Gasteiger partial charge in [0.05, 0.1) is 16.5 Å². The van der Waals surface area contributed by atoms with E-state index in [4.69, 9.17) is 0 Å². The molecule has 0 amide bonds. The standard InChI is InChI=1S/C14H16N2O2S/c1-7-5-8(2)11(9(3)6-7)16-14-15-10(4)12(19-14)13(17)18/h5-6H,1-4H3,(H,15,16)(H,17,18)/p-1. The Morgan fingerprint density at radius 1 is 1.21 bits per heavy atom. The third-order valence-electron chi connectivity index (χ3n) is 2.89. The molecule has 19 heavy (non-hydrogen) atoms. The van der Waals surface area contributed by atoms with Gasteiger partial charge in [-0.15, -0.1) is 0 Å². The molecule has 5 heteroatoms. The van der Waals surface area contributed by atoms with E-state index in [0.29, 0.717) is 10.8 Å². The number of aryl methyl sites for hydroxylation is 4. The maximum Gasteiger partial charge on any atom is 0.188 e. The van der Waals surface area contributed by atoms with Gasteiger partial charge in [0.2, 0.25) is 0 Å². The lowest BCUT2D eigenvalue weighted by molar-refractivity contribution is -0.254. The van der Waals surface area contributed by atoms with Gasteiger partial charge in [0.25, 0.3) is 0 Å². The number of benzene rings is 1. The molecule has 0 fully saturated rings. The highest BCUT2D eigenvalue weighted by Crippen LogP contribution is 2.29. The van der Waals surface area contributed by atoms with Crippen LogP contribution >= 0.6 is 11.3 Å². The number of nitrogens with zero attached hydrogens (tertiary/aromatic N) is 1. The van der Waals surface area contributed by atoms with Crippen LogP contribution in [-0.2, 0) is 0 Å². The predicted octanol–water partition coefficient (Wildman–Crippen LogP) is 2.48. The van der Waals surface area contributed by atoms with Crippen molar-refractivity contribution in [3.8, 4) is 0 Å². The quantitative estimate of drug-likeness (QED) is 0.934. The van der Waals surface area contributed by atoms with E-state index in [2.05, 4.69) is 22.4 Å². The van der Waals surface area contributed by atoms with Gasteiger partial charge < -0.3 is 15.2 Å². The molecule has 0 aliphatic rings. The lowest BCUT2D eigenvalue weighted by Crippen LogP contribution is -2.21. The average Bonchev–Trinajstić information content (AvgIpc) is 2.65. The second-order valence-corrected chi connectivity index (χ2v) is 5.62. The molecule has 1 heterocycles. The van der Waals surface area contributed by atoms with Gasteiger partial charge in [-0.1, -0.05) is 29.0 Å². The van der Waals surface area contributed by atoms with Crippen LogP contribution in [0.1, 0.15) is 32.1 Å². The van der Waals surface area contributed by atoms with Gasteiger partial charge in [-0.05, 0) is 38.8 Å². The summed E-state index contributed by atoms with van der Waals surface area (Å²) >= 11 is 1.10. The van der Waals surface area contributed by atoms with E-state index in [1.807, 2.05) is 20.8 Å². The Kier molecular flexibility index (Phi) is 3.57. The van der Waals surface area contributed by atoms with E-state index in [9.17, 15) is 9.90 Å². The minimum Gasteiger partial charge on any atom is -0.544 e.